The van der Waals surface area contributed by atoms with E-state index >= 15 is 0 Å². The van der Waals surface area contributed by atoms with Crippen LogP contribution in [0.2, 0.25) is 15.1 Å². The van der Waals surface area contributed by atoms with Crippen LogP contribution in [0.5, 0.6) is 0 Å². The largest absolute Gasteiger partial charge is 0.370 e. The minimum atomic E-state index is -3.94. The van der Waals surface area contributed by atoms with E-state index in [1.165, 1.54) is 16.4 Å². The van der Waals surface area contributed by atoms with Crippen molar-refractivity contribution < 1.29 is 17.9 Å². The van der Waals surface area contributed by atoms with Crippen LogP contribution in [0.25, 0.3) is 0 Å². The van der Waals surface area contributed by atoms with Crippen LogP contribution in [-0.2, 0) is 19.6 Å². The van der Waals surface area contributed by atoms with Crippen LogP contribution in [0.1, 0.15) is 19.3 Å². The smallest absolute Gasteiger partial charge is 0.248 e. The van der Waals surface area contributed by atoms with Crippen molar-refractivity contribution in [2.75, 3.05) is 53.0 Å². The molecule has 30 heavy (non-hydrogen) atoms. The maximum Gasteiger partial charge on any atom is 0.248 e. The molecule has 1 aromatic rings. The first-order valence-electron chi connectivity index (χ1n) is 9.90. The first-order valence-corrected chi connectivity index (χ1v) is 12.5. The number of carbonyl (C=O) groups excluding carboxylic acids is 1. The van der Waals surface area contributed by atoms with Gasteiger partial charge in [-0.05, 0) is 32.0 Å². The van der Waals surface area contributed by atoms with E-state index in [0.717, 1.165) is 25.9 Å². The molecule has 168 valence electrons. The highest BCUT2D eigenvalue weighted by Gasteiger charge is 2.36. The molecule has 7 nitrogen and oxygen atoms in total. The van der Waals surface area contributed by atoms with Gasteiger partial charge in [0.15, 0.2) is 0 Å². The topological polar surface area (TPSA) is 70.2 Å². The fourth-order valence-electron chi connectivity index (χ4n) is 3.78. The molecule has 2 fully saturated rings. The average Bonchev–Trinajstić information content (AvgIpc) is 2.67. The quantitative estimate of drug-likeness (QED) is 0.603. The number of benzene rings is 1. The third kappa shape index (κ3) is 5.59. The summed E-state index contributed by atoms with van der Waals surface area (Å²) in [5.74, 6) is -0.0721. The number of piperidine rings is 1. The SMILES string of the molecule is CN1CCN(C(=O)COCC2CCCCN2S(=O)(=O)c2c(Cl)cc(Cl)cc2Cl)CC1. The van der Waals surface area contributed by atoms with Crippen LogP contribution < -0.4 is 0 Å². The van der Waals surface area contributed by atoms with Crippen molar-refractivity contribution in [2.24, 2.45) is 0 Å². The maximum absolute atomic E-state index is 13.3. The van der Waals surface area contributed by atoms with Gasteiger partial charge in [0.25, 0.3) is 0 Å². The number of hydrogen-bond donors (Lipinski definition) is 0. The lowest BCUT2D eigenvalue weighted by molar-refractivity contribution is -0.138. The summed E-state index contributed by atoms with van der Waals surface area (Å²) in [6, 6.07) is 2.35. The van der Waals surface area contributed by atoms with Crippen molar-refractivity contribution in [1.82, 2.24) is 14.1 Å². The van der Waals surface area contributed by atoms with Gasteiger partial charge in [0, 0.05) is 43.8 Å². The summed E-state index contributed by atoms with van der Waals surface area (Å²) in [5, 5.41) is 0.246. The zero-order valence-corrected chi connectivity index (χ0v) is 19.9. The molecule has 2 heterocycles. The van der Waals surface area contributed by atoms with Crippen molar-refractivity contribution >= 4 is 50.7 Å². The molecule has 1 unspecified atom stereocenters. The highest BCUT2D eigenvalue weighted by Crippen LogP contribution is 2.36. The van der Waals surface area contributed by atoms with Crippen LogP contribution in [0.4, 0.5) is 0 Å². The molecule has 1 atom stereocenters. The molecule has 0 saturated carbocycles. The van der Waals surface area contributed by atoms with E-state index in [9.17, 15) is 13.2 Å². The van der Waals surface area contributed by atoms with Crippen molar-refractivity contribution in [3.63, 3.8) is 0 Å². The Hall–Kier alpha value is -0.610. The summed E-state index contributed by atoms with van der Waals surface area (Å²) in [4.78, 5) is 16.2. The lowest BCUT2D eigenvalue weighted by Gasteiger charge is -2.35. The van der Waals surface area contributed by atoms with Crippen molar-refractivity contribution in [3.05, 3.63) is 27.2 Å². The van der Waals surface area contributed by atoms with Crippen LogP contribution in [-0.4, -0.2) is 87.5 Å². The second-order valence-corrected chi connectivity index (χ2v) is 10.7. The predicted molar refractivity (Wildman–Crippen MR) is 118 cm³/mol. The molecule has 3 rings (SSSR count). The lowest BCUT2D eigenvalue weighted by Crippen LogP contribution is -2.49. The minimum absolute atomic E-state index is 0.0111. The number of carbonyl (C=O) groups is 1. The van der Waals surface area contributed by atoms with Crippen molar-refractivity contribution in [2.45, 2.75) is 30.2 Å². The number of ether oxygens (including phenoxy) is 1. The summed E-state index contributed by atoms with van der Waals surface area (Å²) >= 11 is 18.3. The predicted octanol–water partition coefficient (Wildman–Crippen LogP) is 2.98. The highest BCUT2D eigenvalue weighted by atomic mass is 35.5. The Morgan fingerprint density at radius 2 is 1.70 bits per heavy atom. The number of sulfonamides is 1. The van der Waals surface area contributed by atoms with Gasteiger partial charge in [0.1, 0.15) is 11.5 Å². The second kappa shape index (κ2) is 10.3. The lowest BCUT2D eigenvalue weighted by atomic mass is 10.1. The van der Waals surface area contributed by atoms with Crippen molar-refractivity contribution in [3.8, 4) is 0 Å². The van der Waals surface area contributed by atoms with E-state index in [1.807, 2.05) is 7.05 Å². The Labute approximate surface area is 192 Å². The number of likely N-dealkylation sites (N-methyl/N-ethyl adjacent to an activating group) is 1. The number of rotatable bonds is 6. The number of nitrogens with zero attached hydrogens (tertiary/aromatic N) is 3. The zero-order chi connectivity index (χ0) is 21.9. The average molecular weight is 499 g/mol. The van der Waals surface area contributed by atoms with Gasteiger partial charge in [-0.2, -0.15) is 4.31 Å². The fraction of sp³-hybridized carbons (Fsp3) is 0.632. The number of piperazine rings is 1. The zero-order valence-electron chi connectivity index (χ0n) is 16.8. The van der Waals surface area contributed by atoms with E-state index < -0.39 is 10.0 Å². The molecule has 0 radical (unpaired) electrons. The summed E-state index contributed by atoms with van der Waals surface area (Å²) in [5.41, 5.74) is 0. The van der Waals surface area contributed by atoms with Gasteiger partial charge in [0.2, 0.25) is 15.9 Å². The van der Waals surface area contributed by atoms with E-state index in [1.54, 1.807) is 4.90 Å². The molecule has 2 aliphatic rings. The third-order valence-corrected chi connectivity index (χ3v) is 8.59. The molecular formula is C19H26Cl3N3O4S. The summed E-state index contributed by atoms with van der Waals surface area (Å²) in [6.45, 7) is 3.45. The highest BCUT2D eigenvalue weighted by molar-refractivity contribution is 7.89. The monoisotopic (exact) mass is 497 g/mol. The molecule has 0 aromatic heterocycles. The first kappa shape index (κ1) is 24.0. The Bertz CT molecular complexity index is 853. The summed E-state index contributed by atoms with van der Waals surface area (Å²) in [6.07, 6.45) is 2.26. The molecule has 0 aliphatic carbocycles. The molecular weight excluding hydrogens is 473 g/mol. The molecule has 0 bridgehead atoms. The summed E-state index contributed by atoms with van der Waals surface area (Å²) < 4.78 is 33.7. The minimum Gasteiger partial charge on any atom is -0.370 e. The molecule has 0 spiro atoms. The van der Waals surface area contributed by atoms with E-state index in [4.69, 9.17) is 39.5 Å². The van der Waals surface area contributed by atoms with E-state index in [-0.39, 0.29) is 45.1 Å². The van der Waals surface area contributed by atoms with Gasteiger partial charge in [0.05, 0.1) is 16.7 Å². The standard InChI is InChI=1S/C19H26Cl3N3O4S/c1-23-6-8-24(9-7-23)18(26)13-29-12-15-4-2-3-5-25(15)30(27,28)19-16(21)10-14(20)11-17(19)22/h10-11,15H,2-9,12-13H2,1H3. The maximum atomic E-state index is 13.3. The third-order valence-electron chi connectivity index (χ3n) is 5.49. The van der Waals surface area contributed by atoms with E-state index in [2.05, 4.69) is 4.90 Å². The van der Waals surface area contributed by atoms with Gasteiger partial charge in [-0.1, -0.05) is 41.2 Å². The molecule has 1 amide bonds. The Balaban J connectivity index is 1.66. The van der Waals surface area contributed by atoms with E-state index in [0.29, 0.717) is 26.1 Å². The molecule has 2 aliphatic heterocycles. The Morgan fingerprint density at radius 3 is 2.33 bits per heavy atom. The molecule has 0 N–H and O–H groups in total. The summed E-state index contributed by atoms with van der Waals surface area (Å²) in [7, 11) is -1.91. The Kier molecular flexibility index (Phi) is 8.28. The number of amides is 1. The van der Waals surface area contributed by atoms with Crippen LogP contribution >= 0.6 is 34.8 Å². The van der Waals surface area contributed by atoms with Gasteiger partial charge in [-0.15, -0.1) is 0 Å². The second-order valence-electron chi connectivity index (χ2n) is 7.66. The van der Waals surface area contributed by atoms with Crippen LogP contribution in [0, 0.1) is 0 Å². The van der Waals surface area contributed by atoms with Gasteiger partial charge in [-0.25, -0.2) is 8.42 Å². The fourth-order valence-corrected chi connectivity index (χ4v) is 6.95. The molecule has 11 heteroatoms. The van der Waals surface area contributed by atoms with Gasteiger partial charge >= 0.3 is 0 Å². The Morgan fingerprint density at radius 1 is 1.07 bits per heavy atom. The molecule has 1 aromatic carbocycles. The van der Waals surface area contributed by atoms with Crippen molar-refractivity contribution in [1.29, 1.82) is 0 Å². The molecule has 2 saturated heterocycles. The van der Waals surface area contributed by atoms with Crippen LogP contribution in [0.15, 0.2) is 17.0 Å². The number of hydrogen-bond acceptors (Lipinski definition) is 5. The van der Waals surface area contributed by atoms with Crippen LogP contribution in [0.3, 0.4) is 0 Å². The normalized spacial score (nSPS) is 21.7. The van der Waals surface area contributed by atoms with Gasteiger partial charge in [-0.3, -0.25) is 4.79 Å². The first-order chi connectivity index (χ1) is 14.2. The van der Waals surface area contributed by atoms with Gasteiger partial charge < -0.3 is 14.5 Å². The number of halogens is 3.